The second-order valence-electron chi connectivity index (χ2n) is 1.49. The Morgan fingerprint density at radius 3 is 2.00 bits per heavy atom. The fourth-order valence-electron chi connectivity index (χ4n) is 0.211. The zero-order valence-corrected chi connectivity index (χ0v) is 4.33. The Balaban J connectivity index is 3.14. The van der Waals surface area contributed by atoms with Crippen LogP contribution in [0.25, 0.3) is 0 Å². The first kappa shape index (κ1) is 6.88. The summed E-state index contributed by atoms with van der Waals surface area (Å²) >= 11 is 0. The molecular weight excluding hydrogens is 94.0 g/mol. The van der Waals surface area contributed by atoms with E-state index >= 15 is 0 Å². The van der Waals surface area contributed by atoms with Crippen molar-refractivity contribution in [2.45, 2.75) is 25.7 Å². The van der Waals surface area contributed by atoms with Crippen molar-refractivity contribution in [3.05, 3.63) is 0 Å². The van der Waals surface area contributed by atoms with E-state index in [9.17, 15) is 0 Å². The van der Waals surface area contributed by atoms with Crippen LogP contribution in [-0.2, 0) is 0 Å². The van der Waals surface area contributed by atoms with E-state index in [1.165, 1.54) is 0 Å². The summed E-state index contributed by atoms with van der Waals surface area (Å²) in [5.74, 6) is 0. The molecule has 1 atom stereocenters. The summed E-state index contributed by atoms with van der Waals surface area (Å²) in [6, 6.07) is -0.486. The highest BCUT2D eigenvalue weighted by molar-refractivity contribution is 4.57. The van der Waals surface area contributed by atoms with Gasteiger partial charge in [0.05, 0.1) is 6.04 Å². The van der Waals surface area contributed by atoms with Crippen molar-refractivity contribution in [3.8, 4) is 0 Å². The summed E-state index contributed by atoms with van der Waals surface area (Å²) < 4.78 is 0. The van der Waals surface area contributed by atoms with Crippen molar-refractivity contribution >= 4 is 0 Å². The maximum absolute atomic E-state index is 8.25. The zero-order chi connectivity index (χ0) is 5.86. The summed E-state index contributed by atoms with van der Waals surface area (Å²) in [6.45, 7) is 1.80. The molecule has 7 heavy (non-hydrogen) atoms. The van der Waals surface area contributed by atoms with Gasteiger partial charge >= 0.3 is 0 Å². The van der Waals surface area contributed by atoms with Crippen LogP contribution in [0.4, 0.5) is 0 Å². The molecule has 0 aromatic carbocycles. The van der Waals surface area contributed by atoms with Crippen LogP contribution < -0.4 is 5.73 Å². The Labute approximate surface area is 42.8 Å². The van der Waals surface area contributed by atoms with E-state index in [4.69, 9.17) is 15.9 Å². The van der Waals surface area contributed by atoms with Crippen LogP contribution in [0.1, 0.15) is 13.3 Å². The average Bonchev–Trinajstić information content (AvgIpc) is 1.65. The molecule has 0 aromatic heterocycles. The first-order valence-corrected chi connectivity index (χ1v) is 2.30. The van der Waals surface area contributed by atoms with Crippen molar-refractivity contribution < 1.29 is 10.2 Å². The summed E-state index contributed by atoms with van der Waals surface area (Å²) in [5.41, 5.74) is 5.12. The average molecular weight is 105 g/mol. The number of nitrogens with two attached hydrogens (primary N) is 1. The molecule has 0 rings (SSSR count). The van der Waals surface area contributed by atoms with Crippen molar-refractivity contribution in [1.82, 2.24) is 0 Å². The molecule has 0 aromatic rings. The number of hydrogen-bond donors (Lipinski definition) is 3. The van der Waals surface area contributed by atoms with E-state index in [-0.39, 0.29) is 0 Å². The second kappa shape index (κ2) is 2.96. The molecule has 0 saturated heterocycles. The van der Waals surface area contributed by atoms with E-state index < -0.39 is 12.3 Å². The Hall–Kier alpha value is -0.120. The molecule has 0 aliphatic carbocycles. The topological polar surface area (TPSA) is 66.5 Å². The number of rotatable bonds is 2. The smallest absolute Gasteiger partial charge is 0.166 e. The standard InChI is InChI=1S/C4H11NO2/c1-2-3(5)4(6)7/h3-4,6-7H,2,5H2,1H3. The van der Waals surface area contributed by atoms with Crippen LogP contribution in [0.3, 0.4) is 0 Å². The Morgan fingerprint density at radius 2 is 2.00 bits per heavy atom. The molecule has 0 amide bonds. The van der Waals surface area contributed by atoms with Gasteiger partial charge in [-0.3, -0.25) is 0 Å². The normalized spacial score (nSPS) is 15.0. The lowest BCUT2D eigenvalue weighted by Gasteiger charge is -2.08. The summed E-state index contributed by atoms with van der Waals surface area (Å²) in [7, 11) is 0. The maximum Gasteiger partial charge on any atom is 0.166 e. The van der Waals surface area contributed by atoms with Crippen molar-refractivity contribution in [2.75, 3.05) is 0 Å². The van der Waals surface area contributed by atoms with Gasteiger partial charge < -0.3 is 15.9 Å². The third-order valence-electron chi connectivity index (χ3n) is 0.854. The fourth-order valence-corrected chi connectivity index (χ4v) is 0.211. The van der Waals surface area contributed by atoms with E-state index in [1.54, 1.807) is 6.92 Å². The molecule has 44 valence electrons. The first-order valence-electron chi connectivity index (χ1n) is 2.30. The highest BCUT2D eigenvalue weighted by Gasteiger charge is 2.05. The molecular formula is C4H11NO2. The van der Waals surface area contributed by atoms with Gasteiger partial charge in [-0.05, 0) is 6.42 Å². The third kappa shape index (κ3) is 2.56. The van der Waals surface area contributed by atoms with Gasteiger partial charge in [0, 0.05) is 0 Å². The highest BCUT2D eigenvalue weighted by atomic mass is 16.5. The van der Waals surface area contributed by atoms with Gasteiger partial charge in [0.25, 0.3) is 0 Å². The summed E-state index contributed by atoms with van der Waals surface area (Å²) in [4.78, 5) is 0. The van der Waals surface area contributed by atoms with Crippen LogP contribution in [0, 0.1) is 0 Å². The van der Waals surface area contributed by atoms with Crippen molar-refractivity contribution in [2.24, 2.45) is 5.73 Å². The largest absolute Gasteiger partial charge is 0.367 e. The summed E-state index contributed by atoms with van der Waals surface area (Å²) in [6.07, 6.45) is -0.762. The molecule has 0 saturated carbocycles. The number of hydrogen-bond acceptors (Lipinski definition) is 3. The van der Waals surface area contributed by atoms with Gasteiger partial charge in [-0.1, -0.05) is 6.92 Å². The van der Waals surface area contributed by atoms with E-state index in [0.717, 1.165) is 0 Å². The number of aliphatic hydroxyl groups is 2. The molecule has 4 N–H and O–H groups in total. The van der Waals surface area contributed by atoms with Crippen LogP contribution in [0.5, 0.6) is 0 Å². The van der Waals surface area contributed by atoms with E-state index in [1.807, 2.05) is 0 Å². The minimum absolute atomic E-state index is 0.486. The van der Waals surface area contributed by atoms with Gasteiger partial charge in [-0.2, -0.15) is 0 Å². The minimum Gasteiger partial charge on any atom is -0.367 e. The van der Waals surface area contributed by atoms with E-state index in [0.29, 0.717) is 6.42 Å². The van der Waals surface area contributed by atoms with Crippen molar-refractivity contribution in [3.63, 3.8) is 0 Å². The predicted molar refractivity (Wildman–Crippen MR) is 26.5 cm³/mol. The molecule has 0 radical (unpaired) electrons. The lowest BCUT2D eigenvalue weighted by molar-refractivity contribution is -0.0585. The van der Waals surface area contributed by atoms with E-state index in [2.05, 4.69) is 0 Å². The molecule has 0 aliphatic heterocycles. The van der Waals surface area contributed by atoms with Gasteiger partial charge in [-0.25, -0.2) is 0 Å². The molecule has 0 aliphatic rings. The predicted octanol–water partition coefficient (Wildman–Crippen LogP) is -0.966. The molecule has 0 fully saturated rings. The van der Waals surface area contributed by atoms with Crippen LogP contribution in [0.2, 0.25) is 0 Å². The monoisotopic (exact) mass is 105 g/mol. The molecule has 3 nitrogen and oxygen atoms in total. The number of aliphatic hydroxyl groups excluding tert-OH is 1. The van der Waals surface area contributed by atoms with Crippen LogP contribution in [0.15, 0.2) is 0 Å². The maximum atomic E-state index is 8.25. The Kier molecular flexibility index (Phi) is 2.91. The van der Waals surface area contributed by atoms with Gasteiger partial charge in [-0.15, -0.1) is 0 Å². The quantitative estimate of drug-likeness (QED) is 0.396. The Morgan fingerprint density at radius 1 is 1.57 bits per heavy atom. The van der Waals surface area contributed by atoms with Gasteiger partial charge in [0.1, 0.15) is 0 Å². The fraction of sp³-hybridized carbons (Fsp3) is 1.00. The van der Waals surface area contributed by atoms with Crippen LogP contribution >= 0.6 is 0 Å². The molecule has 0 bridgehead atoms. The Bertz CT molecular complexity index is 47.0. The first-order chi connectivity index (χ1) is 3.18. The molecule has 3 heteroatoms. The van der Waals surface area contributed by atoms with Gasteiger partial charge in [0.15, 0.2) is 6.29 Å². The van der Waals surface area contributed by atoms with Crippen molar-refractivity contribution in [1.29, 1.82) is 0 Å². The summed E-state index contributed by atoms with van der Waals surface area (Å²) in [5, 5.41) is 16.5. The third-order valence-corrected chi connectivity index (χ3v) is 0.854. The molecule has 0 spiro atoms. The molecule has 1 unspecified atom stereocenters. The lowest BCUT2D eigenvalue weighted by Crippen LogP contribution is -2.33. The highest BCUT2D eigenvalue weighted by Crippen LogP contribution is 1.88. The second-order valence-corrected chi connectivity index (χ2v) is 1.49. The minimum atomic E-state index is -1.36. The van der Waals surface area contributed by atoms with Crippen LogP contribution in [-0.4, -0.2) is 22.5 Å². The zero-order valence-electron chi connectivity index (χ0n) is 4.33. The van der Waals surface area contributed by atoms with Gasteiger partial charge in [0.2, 0.25) is 0 Å². The SMILES string of the molecule is CCC(N)C(O)O. The molecule has 0 heterocycles. The lowest BCUT2D eigenvalue weighted by atomic mass is 10.2.